The van der Waals surface area contributed by atoms with Crippen molar-refractivity contribution >= 4 is 5.97 Å². The summed E-state index contributed by atoms with van der Waals surface area (Å²) in [5.41, 5.74) is -0.166. The smallest absolute Gasteiger partial charge is 0.330 e. The Morgan fingerprint density at radius 2 is 1.91 bits per heavy atom. The molecule has 0 spiro atoms. The highest BCUT2D eigenvalue weighted by Gasteiger charge is 2.61. The van der Waals surface area contributed by atoms with E-state index in [0.29, 0.717) is 0 Å². The van der Waals surface area contributed by atoms with Crippen LogP contribution in [0.4, 0.5) is 0 Å². The number of esters is 1. The lowest BCUT2D eigenvalue weighted by Crippen LogP contribution is -2.60. The van der Waals surface area contributed by atoms with Gasteiger partial charge in [0.15, 0.2) is 0 Å². The van der Waals surface area contributed by atoms with Gasteiger partial charge in [-0.25, -0.2) is 4.79 Å². The van der Waals surface area contributed by atoms with Crippen LogP contribution in [0.3, 0.4) is 0 Å². The zero-order chi connectivity index (χ0) is 16.1. The van der Waals surface area contributed by atoms with Crippen LogP contribution in [0.15, 0.2) is 12.7 Å². The second kappa shape index (κ2) is 5.39. The van der Waals surface area contributed by atoms with Gasteiger partial charge in [-0.1, -0.05) is 26.8 Å². The maximum atomic E-state index is 11.8. The third kappa shape index (κ3) is 2.34. The fourth-order valence-electron chi connectivity index (χ4n) is 6.40. The van der Waals surface area contributed by atoms with Gasteiger partial charge in [0.2, 0.25) is 0 Å². The third-order valence-electron chi connectivity index (χ3n) is 7.45. The van der Waals surface area contributed by atoms with Gasteiger partial charge in [-0.05, 0) is 75.5 Å². The summed E-state index contributed by atoms with van der Waals surface area (Å²) in [4.78, 5) is 11.8. The maximum absolute atomic E-state index is 11.8. The Morgan fingerprint density at radius 3 is 2.41 bits per heavy atom. The van der Waals surface area contributed by atoms with Crippen molar-refractivity contribution in [2.75, 3.05) is 0 Å². The summed E-state index contributed by atoms with van der Waals surface area (Å²) >= 11 is 0. The van der Waals surface area contributed by atoms with Crippen LogP contribution in [0.2, 0.25) is 0 Å². The first-order valence-electron chi connectivity index (χ1n) is 9.17. The predicted octanol–water partition coefficient (Wildman–Crippen LogP) is 4.98. The Labute approximate surface area is 135 Å². The van der Waals surface area contributed by atoms with Gasteiger partial charge in [-0.3, -0.25) is 0 Å². The minimum Gasteiger partial charge on any atom is -0.456 e. The zero-order valence-electron chi connectivity index (χ0n) is 14.7. The SMILES string of the molecule is C=CC(=O)OC(C)(C)C12CC3CC(C1)C(C(C)CC)C(C3)C2. The Balaban J connectivity index is 1.85. The van der Waals surface area contributed by atoms with E-state index < -0.39 is 0 Å². The monoisotopic (exact) mass is 304 g/mol. The molecule has 2 heteroatoms. The highest BCUT2D eigenvalue weighted by Crippen LogP contribution is 2.67. The fourth-order valence-corrected chi connectivity index (χ4v) is 6.40. The molecule has 3 unspecified atom stereocenters. The van der Waals surface area contributed by atoms with E-state index >= 15 is 0 Å². The average Bonchev–Trinajstić information content (AvgIpc) is 2.45. The predicted molar refractivity (Wildman–Crippen MR) is 89.3 cm³/mol. The quantitative estimate of drug-likeness (QED) is 0.529. The Morgan fingerprint density at radius 1 is 1.32 bits per heavy atom. The molecule has 4 saturated carbocycles. The van der Waals surface area contributed by atoms with Crippen LogP contribution in [-0.2, 0) is 9.53 Å². The summed E-state index contributed by atoms with van der Waals surface area (Å²) in [6.07, 6.45) is 9.20. The molecule has 0 aromatic rings. The van der Waals surface area contributed by atoms with Crippen molar-refractivity contribution in [2.45, 2.75) is 71.8 Å². The van der Waals surface area contributed by atoms with Crippen LogP contribution < -0.4 is 0 Å². The molecule has 0 N–H and O–H groups in total. The largest absolute Gasteiger partial charge is 0.456 e. The van der Waals surface area contributed by atoms with Crippen LogP contribution in [0.25, 0.3) is 0 Å². The number of carbonyl (C=O) groups excluding carboxylic acids is 1. The summed E-state index contributed by atoms with van der Waals surface area (Å²) in [6, 6.07) is 0. The van der Waals surface area contributed by atoms with E-state index in [0.717, 1.165) is 29.6 Å². The molecule has 22 heavy (non-hydrogen) atoms. The van der Waals surface area contributed by atoms with Crippen molar-refractivity contribution in [3.63, 3.8) is 0 Å². The van der Waals surface area contributed by atoms with Crippen molar-refractivity contribution in [3.05, 3.63) is 12.7 Å². The van der Waals surface area contributed by atoms with Gasteiger partial charge in [-0.15, -0.1) is 0 Å². The van der Waals surface area contributed by atoms with E-state index in [1.165, 1.54) is 44.6 Å². The van der Waals surface area contributed by atoms with Crippen molar-refractivity contribution < 1.29 is 9.53 Å². The molecule has 0 aromatic carbocycles. The van der Waals surface area contributed by atoms with Crippen molar-refractivity contribution in [1.82, 2.24) is 0 Å². The van der Waals surface area contributed by atoms with E-state index in [-0.39, 0.29) is 17.0 Å². The van der Waals surface area contributed by atoms with Crippen molar-refractivity contribution in [1.29, 1.82) is 0 Å². The topological polar surface area (TPSA) is 26.3 Å². The summed E-state index contributed by atoms with van der Waals surface area (Å²) in [5.74, 6) is 4.04. The number of hydrogen-bond donors (Lipinski definition) is 0. The number of carbonyl (C=O) groups is 1. The average molecular weight is 304 g/mol. The first-order valence-corrected chi connectivity index (χ1v) is 9.17. The van der Waals surface area contributed by atoms with E-state index in [1.54, 1.807) is 0 Å². The van der Waals surface area contributed by atoms with Gasteiger partial charge in [0.1, 0.15) is 5.60 Å². The summed E-state index contributed by atoms with van der Waals surface area (Å²) < 4.78 is 5.84. The molecule has 3 atom stereocenters. The molecule has 0 heterocycles. The first kappa shape index (κ1) is 16.1. The molecular formula is C20H32O2. The van der Waals surface area contributed by atoms with Crippen LogP contribution in [0.1, 0.15) is 66.2 Å². The molecule has 4 rings (SSSR count). The molecule has 0 aromatic heterocycles. The van der Waals surface area contributed by atoms with Gasteiger partial charge in [-0.2, -0.15) is 0 Å². The Bertz CT molecular complexity index is 448. The van der Waals surface area contributed by atoms with E-state index in [9.17, 15) is 4.79 Å². The first-order chi connectivity index (χ1) is 10.3. The number of hydrogen-bond acceptors (Lipinski definition) is 2. The molecule has 2 nitrogen and oxygen atoms in total. The second-order valence-corrected chi connectivity index (χ2v) is 8.85. The molecule has 4 bridgehead atoms. The van der Waals surface area contributed by atoms with Gasteiger partial charge >= 0.3 is 5.97 Å². The summed E-state index contributed by atoms with van der Waals surface area (Å²) in [7, 11) is 0. The lowest BCUT2D eigenvalue weighted by molar-refractivity contribution is -0.209. The standard InChI is InChI=1S/C20H32O2/c1-6-13(3)18-15-8-14-9-16(18)12-20(10-14,11-15)19(4,5)22-17(21)7-2/h7,13-16,18H,2,6,8-12H2,1,3-5H3. The summed E-state index contributed by atoms with van der Waals surface area (Å²) in [6.45, 7) is 12.6. The molecule has 4 aliphatic rings. The van der Waals surface area contributed by atoms with Gasteiger partial charge in [0, 0.05) is 11.5 Å². The van der Waals surface area contributed by atoms with Crippen LogP contribution >= 0.6 is 0 Å². The molecule has 0 radical (unpaired) electrons. The lowest BCUT2D eigenvalue weighted by Gasteiger charge is -2.65. The molecule has 0 saturated heterocycles. The molecule has 4 aliphatic carbocycles. The van der Waals surface area contributed by atoms with E-state index in [4.69, 9.17) is 4.74 Å². The Hall–Kier alpha value is -0.790. The number of rotatable bonds is 5. The molecule has 124 valence electrons. The number of ether oxygens (including phenoxy) is 1. The molecular weight excluding hydrogens is 272 g/mol. The fraction of sp³-hybridized carbons (Fsp3) is 0.850. The minimum atomic E-state index is -0.367. The lowest BCUT2D eigenvalue weighted by atomic mass is 9.41. The maximum Gasteiger partial charge on any atom is 0.330 e. The highest BCUT2D eigenvalue weighted by atomic mass is 16.6. The normalized spacial score (nSPS) is 41.3. The van der Waals surface area contributed by atoms with Crippen LogP contribution in [0, 0.1) is 35.0 Å². The van der Waals surface area contributed by atoms with Crippen LogP contribution in [0.5, 0.6) is 0 Å². The van der Waals surface area contributed by atoms with E-state index in [1.807, 2.05) is 0 Å². The Kier molecular flexibility index (Phi) is 3.94. The molecule has 0 aliphatic heterocycles. The minimum absolute atomic E-state index is 0.201. The van der Waals surface area contributed by atoms with E-state index in [2.05, 4.69) is 34.3 Å². The highest BCUT2D eigenvalue weighted by molar-refractivity contribution is 5.81. The third-order valence-corrected chi connectivity index (χ3v) is 7.45. The van der Waals surface area contributed by atoms with Gasteiger partial charge in [0.05, 0.1) is 0 Å². The molecule has 4 fully saturated rings. The summed E-state index contributed by atoms with van der Waals surface area (Å²) in [5, 5.41) is 0. The molecule has 0 amide bonds. The van der Waals surface area contributed by atoms with Gasteiger partial charge < -0.3 is 4.74 Å². The van der Waals surface area contributed by atoms with Crippen molar-refractivity contribution in [2.24, 2.45) is 35.0 Å². The second-order valence-electron chi connectivity index (χ2n) is 8.85. The zero-order valence-corrected chi connectivity index (χ0v) is 14.7. The van der Waals surface area contributed by atoms with Gasteiger partial charge in [0.25, 0.3) is 0 Å². The van der Waals surface area contributed by atoms with Crippen LogP contribution in [-0.4, -0.2) is 11.6 Å². The van der Waals surface area contributed by atoms with Crippen molar-refractivity contribution in [3.8, 4) is 0 Å².